The fraction of sp³-hybridized carbons (Fsp3) is 0.158. The van der Waals surface area contributed by atoms with E-state index in [1.54, 1.807) is 36.4 Å². The van der Waals surface area contributed by atoms with Crippen LogP contribution in [0.1, 0.15) is 0 Å². The number of fused-ring (bicyclic) bond motifs is 1. The number of nitrogens with zero attached hydrogens (tertiary/aromatic N) is 1. The van der Waals surface area contributed by atoms with Gasteiger partial charge in [0.05, 0.1) is 17.9 Å². The summed E-state index contributed by atoms with van der Waals surface area (Å²) in [5, 5.41) is 5.31. The van der Waals surface area contributed by atoms with E-state index in [1.165, 1.54) is 19.2 Å². The number of carbonyl (C=O) groups is 2. The first-order valence-corrected chi connectivity index (χ1v) is 8.29. The lowest BCUT2D eigenvalue weighted by Gasteiger charge is -2.09. The summed E-state index contributed by atoms with van der Waals surface area (Å²) in [6.45, 7) is -1.05. The summed E-state index contributed by atoms with van der Waals surface area (Å²) in [5.74, 6) is -0.741. The number of rotatable bonds is 6. The summed E-state index contributed by atoms with van der Waals surface area (Å²) in [4.78, 5) is 48.2. The third-order valence-corrected chi connectivity index (χ3v) is 3.91. The van der Waals surface area contributed by atoms with Crippen LogP contribution >= 0.6 is 0 Å². The second-order valence-corrected chi connectivity index (χ2v) is 5.82. The quantitative estimate of drug-likeness (QED) is 0.610. The van der Waals surface area contributed by atoms with Crippen LogP contribution in [0.25, 0.3) is 10.8 Å². The van der Waals surface area contributed by atoms with E-state index in [1.807, 2.05) is 0 Å². The highest BCUT2D eigenvalue weighted by Gasteiger charge is 2.12. The van der Waals surface area contributed by atoms with Gasteiger partial charge in [0.15, 0.2) is 6.61 Å². The molecule has 0 saturated heterocycles. The number of nitrogens with one attached hydrogen (secondary N) is 2. The van der Waals surface area contributed by atoms with Crippen molar-refractivity contribution in [3.8, 4) is 5.75 Å². The molecule has 3 rings (SSSR count). The zero-order chi connectivity index (χ0) is 20.1. The van der Waals surface area contributed by atoms with Crippen LogP contribution in [0, 0.1) is 0 Å². The highest BCUT2D eigenvalue weighted by molar-refractivity contribution is 5.92. The predicted octanol–water partition coefficient (Wildman–Crippen LogP) is 0.880. The summed E-state index contributed by atoms with van der Waals surface area (Å²) in [6, 6.07) is 12.9. The Morgan fingerprint density at radius 3 is 2.39 bits per heavy atom. The smallest absolute Gasteiger partial charge is 0.328 e. The summed E-state index contributed by atoms with van der Waals surface area (Å²) >= 11 is 0. The molecule has 144 valence electrons. The SMILES string of the molecule is COc1ccc(NC(=O)COC(=O)Cn2[nH]c(=O)c3ccccc3c2=O)cc1. The molecular weight excluding hydrogens is 366 g/mol. The standard InChI is InChI=1S/C19H17N3O6/c1-27-13-8-6-12(7-9-13)20-16(23)11-28-17(24)10-22-19(26)15-5-3-2-4-14(15)18(25)21-22/h2-9H,10-11H2,1H3,(H,20,23)(H,21,25). The molecule has 0 aliphatic rings. The second-order valence-electron chi connectivity index (χ2n) is 5.82. The van der Waals surface area contributed by atoms with Crippen LogP contribution in [0.15, 0.2) is 58.1 Å². The van der Waals surface area contributed by atoms with Crippen molar-refractivity contribution in [1.82, 2.24) is 9.78 Å². The van der Waals surface area contributed by atoms with Crippen molar-refractivity contribution in [2.24, 2.45) is 0 Å². The summed E-state index contributed by atoms with van der Waals surface area (Å²) < 4.78 is 10.7. The van der Waals surface area contributed by atoms with E-state index in [2.05, 4.69) is 10.4 Å². The van der Waals surface area contributed by atoms with Gasteiger partial charge >= 0.3 is 5.97 Å². The van der Waals surface area contributed by atoms with Gasteiger partial charge in [-0.2, -0.15) is 0 Å². The lowest BCUT2D eigenvalue weighted by molar-refractivity contribution is -0.148. The van der Waals surface area contributed by atoms with Crippen LogP contribution in [0.5, 0.6) is 5.75 Å². The van der Waals surface area contributed by atoms with E-state index >= 15 is 0 Å². The Balaban J connectivity index is 1.60. The van der Waals surface area contributed by atoms with Crippen molar-refractivity contribution in [3.63, 3.8) is 0 Å². The van der Waals surface area contributed by atoms with E-state index in [9.17, 15) is 19.2 Å². The molecule has 3 aromatic rings. The molecule has 0 saturated carbocycles. The van der Waals surface area contributed by atoms with Crippen LogP contribution < -0.4 is 21.2 Å². The maximum absolute atomic E-state index is 12.3. The van der Waals surface area contributed by atoms with Gasteiger partial charge in [-0.3, -0.25) is 24.3 Å². The maximum atomic E-state index is 12.3. The number of benzene rings is 2. The van der Waals surface area contributed by atoms with Gasteiger partial charge in [0.25, 0.3) is 17.0 Å². The molecule has 9 nitrogen and oxygen atoms in total. The average molecular weight is 383 g/mol. The monoisotopic (exact) mass is 383 g/mol. The van der Waals surface area contributed by atoms with Crippen molar-refractivity contribution >= 4 is 28.3 Å². The van der Waals surface area contributed by atoms with Gasteiger partial charge in [0.2, 0.25) is 0 Å². The van der Waals surface area contributed by atoms with E-state index < -0.39 is 36.1 Å². The van der Waals surface area contributed by atoms with Crippen molar-refractivity contribution in [1.29, 1.82) is 0 Å². The number of aromatic nitrogens is 2. The highest BCUT2D eigenvalue weighted by atomic mass is 16.5. The minimum Gasteiger partial charge on any atom is -0.497 e. The fourth-order valence-corrected chi connectivity index (χ4v) is 2.55. The van der Waals surface area contributed by atoms with Gasteiger partial charge < -0.3 is 14.8 Å². The Bertz CT molecular complexity index is 1130. The average Bonchev–Trinajstić information content (AvgIpc) is 2.71. The van der Waals surface area contributed by atoms with Gasteiger partial charge in [-0.15, -0.1) is 0 Å². The van der Waals surface area contributed by atoms with E-state index in [4.69, 9.17) is 9.47 Å². The molecule has 9 heteroatoms. The molecule has 0 spiro atoms. The third-order valence-electron chi connectivity index (χ3n) is 3.91. The Kier molecular flexibility index (Phi) is 5.54. The maximum Gasteiger partial charge on any atom is 0.328 e. The second kappa shape index (κ2) is 8.21. The van der Waals surface area contributed by atoms with Gasteiger partial charge in [0, 0.05) is 5.69 Å². The highest BCUT2D eigenvalue weighted by Crippen LogP contribution is 2.14. The molecule has 0 atom stereocenters. The molecule has 1 heterocycles. The normalized spacial score (nSPS) is 10.5. The molecule has 2 aromatic carbocycles. The van der Waals surface area contributed by atoms with Crippen LogP contribution in [-0.2, 0) is 20.9 Å². The zero-order valence-corrected chi connectivity index (χ0v) is 14.9. The molecule has 0 bridgehead atoms. The van der Waals surface area contributed by atoms with Gasteiger partial charge in [-0.1, -0.05) is 12.1 Å². The predicted molar refractivity (Wildman–Crippen MR) is 101 cm³/mol. The summed E-state index contributed by atoms with van der Waals surface area (Å²) in [5.41, 5.74) is -0.521. The summed E-state index contributed by atoms with van der Waals surface area (Å²) in [7, 11) is 1.53. The number of ether oxygens (including phenoxy) is 2. The molecule has 1 amide bonds. The Morgan fingerprint density at radius 1 is 1.04 bits per heavy atom. The minimum atomic E-state index is -0.835. The van der Waals surface area contributed by atoms with Crippen LogP contribution in [0.3, 0.4) is 0 Å². The summed E-state index contributed by atoms with van der Waals surface area (Å²) in [6.07, 6.45) is 0. The van der Waals surface area contributed by atoms with Gasteiger partial charge in [-0.25, -0.2) is 4.68 Å². The molecule has 0 aliphatic carbocycles. The van der Waals surface area contributed by atoms with Gasteiger partial charge in [0.1, 0.15) is 12.3 Å². The molecule has 0 radical (unpaired) electrons. The molecule has 1 aromatic heterocycles. The van der Waals surface area contributed by atoms with Crippen molar-refractivity contribution in [2.45, 2.75) is 6.54 Å². The molecule has 0 aliphatic heterocycles. The van der Waals surface area contributed by atoms with Crippen molar-refractivity contribution < 1.29 is 19.1 Å². The topological polar surface area (TPSA) is 119 Å². The lowest BCUT2D eigenvalue weighted by atomic mass is 10.2. The van der Waals surface area contributed by atoms with Gasteiger partial charge in [-0.05, 0) is 36.4 Å². The molecule has 28 heavy (non-hydrogen) atoms. The number of esters is 1. The van der Waals surface area contributed by atoms with Crippen LogP contribution in [0.4, 0.5) is 5.69 Å². The Morgan fingerprint density at radius 2 is 1.71 bits per heavy atom. The number of aromatic amines is 1. The number of anilines is 1. The molecule has 0 fully saturated rings. The lowest BCUT2D eigenvalue weighted by Crippen LogP contribution is -2.33. The Hall–Kier alpha value is -3.88. The third kappa shape index (κ3) is 4.26. The first-order valence-electron chi connectivity index (χ1n) is 8.29. The van der Waals surface area contributed by atoms with E-state index in [-0.39, 0.29) is 10.8 Å². The first-order chi connectivity index (χ1) is 13.5. The van der Waals surface area contributed by atoms with Crippen molar-refractivity contribution in [3.05, 3.63) is 69.2 Å². The number of H-pyrrole nitrogens is 1. The largest absolute Gasteiger partial charge is 0.497 e. The fourth-order valence-electron chi connectivity index (χ4n) is 2.55. The Labute approximate surface area is 158 Å². The first kappa shape index (κ1) is 18.9. The molecular formula is C19H17N3O6. The van der Waals surface area contributed by atoms with Crippen LogP contribution in [-0.4, -0.2) is 35.4 Å². The number of carbonyl (C=O) groups excluding carboxylic acids is 2. The van der Waals surface area contributed by atoms with Crippen molar-refractivity contribution in [2.75, 3.05) is 19.0 Å². The van der Waals surface area contributed by atoms with E-state index in [0.29, 0.717) is 11.4 Å². The molecule has 2 N–H and O–H groups in total. The number of methoxy groups -OCH3 is 1. The zero-order valence-electron chi connectivity index (χ0n) is 14.9. The number of amides is 1. The minimum absolute atomic E-state index is 0.191. The molecule has 0 unspecified atom stereocenters. The van der Waals surface area contributed by atoms with E-state index in [0.717, 1.165) is 4.68 Å². The van der Waals surface area contributed by atoms with Crippen LogP contribution in [0.2, 0.25) is 0 Å². The number of hydrogen-bond donors (Lipinski definition) is 2. The number of hydrogen-bond acceptors (Lipinski definition) is 6.